The van der Waals surface area contributed by atoms with E-state index >= 15 is 0 Å². The van der Waals surface area contributed by atoms with Crippen molar-refractivity contribution >= 4 is 11.3 Å². The first-order chi connectivity index (χ1) is 9.78. The van der Waals surface area contributed by atoms with E-state index in [0.717, 1.165) is 27.6 Å². The molecule has 0 spiro atoms. The van der Waals surface area contributed by atoms with Crippen LogP contribution in [0.3, 0.4) is 0 Å². The van der Waals surface area contributed by atoms with Gasteiger partial charge < -0.3 is 9.84 Å². The Morgan fingerprint density at radius 3 is 2.55 bits per heavy atom. The minimum atomic E-state index is 0.259. The number of phenolic OH excluding ortho intramolecular Hbond substituents is 1. The van der Waals surface area contributed by atoms with Gasteiger partial charge in [0.25, 0.3) is 0 Å². The average molecular weight is 283 g/mol. The molecule has 1 N–H and O–H groups in total. The molecule has 0 aliphatic carbocycles. The Bertz CT molecular complexity index is 719. The molecule has 0 aliphatic heterocycles. The summed E-state index contributed by atoms with van der Waals surface area (Å²) in [6.07, 6.45) is 0. The number of hydrogen-bond donors (Lipinski definition) is 1. The van der Waals surface area contributed by atoms with Crippen molar-refractivity contribution in [2.75, 3.05) is 7.11 Å². The molecule has 0 radical (unpaired) electrons. The van der Waals surface area contributed by atoms with Crippen LogP contribution in [-0.4, -0.2) is 17.2 Å². The number of hydrogen-bond acceptors (Lipinski definition) is 4. The van der Waals surface area contributed by atoms with Crippen LogP contribution in [0.4, 0.5) is 0 Å². The zero-order chi connectivity index (χ0) is 13.9. The first-order valence-electron chi connectivity index (χ1n) is 6.16. The summed E-state index contributed by atoms with van der Waals surface area (Å²) in [6.45, 7) is 0. The molecule has 100 valence electrons. The summed E-state index contributed by atoms with van der Waals surface area (Å²) in [5.41, 5.74) is 2.88. The van der Waals surface area contributed by atoms with Crippen molar-refractivity contribution in [2.45, 2.75) is 0 Å². The third-order valence-corrected chi connectivity index (χ3v) is 3.89. The number of phenols is 1. The normalized spacial score (nSPS) is 10.4. The second kappa shape index (κ2) is 5.35. The fourth-order valence-electron chi connectivity index (χ4n) is 1.99. The number of para-hydroxylation sites is 1. The molecule has 4 heteroatoms. The van der Waals surface area contributed by atoms with Crippen LogP contribution in [0.25, 0.3) is 21.8 Å². The van der Waals surface area contributed by atoms with Crippen molar-refractivity contribution in [1.82, 2.24) is 4.98 Å². The lowest BCUT2D eigenvalue weighted by Crippen LogP contribution is -1.87. The quantitative estimate of drug-likeness (QED) is 0.783. The number of nitrogens with zero attached hydrogens (tertiary/aromatic N) is 1. The second-order valence-corrected chi connectivity index (χ2v) is 5.14. The Morgan fingerprint density at radius 1 is 1.05 bits per heavy atom. The molecule has 1 aromatic heterocycles. The Kier molecular flexibility index (Phi) is 3.39. The minimum Gasteiger partial charge on any atom is -0.508 e. The number of aromatic hydroxyl groups is 1. The summed E-state index contributed by atoms with van der Waals surface area (Å²) in [4.78, 5) is 4.65. The largest absolute Gasteiger partial charge is 0.508 e. The van der Waals surface area contributed by atoms with E-state index in [1.165, 1.54) is 0 Å². The Balaban J connectivity index is 2.00. The van der Waals surface area contributed by atoms with E-state index in [2.05, 4.69) is 4.98 Å². The van der Waals surface area contributed by atoms with Gasteiger partial charge >= 0.3 is 0 Å². The maximum absolute atomic E-state index is 9.32. The molecule has 0 unspecified atom stereocenters. The van der Waals surface area contributed by atoms with Gasteiger partial charge in [-0.15, -0.1) is 11.3 Å². The van der Waals surface area contributed by atoms with E-state index in [-0.39, 0.29) is 5.75 Å². The number of ether oxygens (including phenoxy) is 1. The molecule has 0 amide bonds. The molecule has 0 aliphatic rings. The maximum Gasteiger partial charge on any atom is 0.128 e. The summed E-state index contributed by atoms with van der Waals surface area (Å²) < 4.78 is 5.36. The number of thiazole rings is 1. The minimum absolute atomic E-state index is 0.259. The summed E-state index contributed by atoms with van der Waals surface area (Å²) in [6, 6.07) is 14.9. The van der Waals surface area contributed by atoms with Gasteiger partial charge in [0.2, 0.25) is 0 Å². The molecule has 3 rings (SSSR count). The van der Waals surface area contributed by atoms with Gasteiger partial charge in [0, 0.05) is 16.5 Å². The topological polar surface area (TPSA) is 42.4 Å². The monoisotopic (exact) mass is 283 g/mol. The third kappa shape index (κ3) is 2.38. The predicted molar refractivity (Wildman–Crippen MR) is 81.2 cm³/mol. The van der Waals surface area contributed by atoms with E-state index in [1.807, 2.05) is 41.8 Å². The van der Waals surface area contributed by atoms with Crippen molar-refractivity contribution in [1.29, 1.82) is 0 Å². The molecule has 0 saturated carbocycles. The standard InChI is InChI=1S/C16H13NO2S/c1-19-15-5-3-2-4-13(15)14-10-20-16(17-14)11-6-8-12(18)9-7-11/h2-10,18H,1H3. The molecule has 20 heavy (non-hydrogen) atoms. The summed E-state index contributed by atoms with van der Waals surface area (Å²) >= 11 is 1.57. The maximum atomic E-state index is 9.32. The van der Waals surface area contributed by atoms with Crippen LogP contribution in [-0.2, 0) is 0 Å². The summed E-state index contributed by atoms with van der Waals surface area (Å²) in [5.74, 6) is 1.07. The molecular weight excluding hydrogens is 270 g/mol. The summed E-state index contributed by atoms with van der Waals surface area (Å²) in [7, 11) is 1.66. The number of aromatic nitrogens is 1. The second-order valence-electron chi connectivity index (χ2n) is 4.29. The van der Waals surface area contributed by atoms with Crippen LogP contribution in [0.2, 0.25) is 0 Å². The lowest BCUT2D eigenvalue weighted by Gasteiger charge is -2.04. The van der Waals surface area contributed by atoms with Gasteiger partial charge in [-0.3, -0.25) is 0 Å². The van der Waals surface area contributed by atoms with Gasteiger partial charge in [-0.25, -0.2) is 4.98 Å². The van der Waals surface area contributed by atoms with Gasteiger partial charge in [-0.05, 0) is 36.4 Å². The molecule has 1 heterocycles. The van der Waals surface area contributed by atoms with Gasteiger partial charge in [-0.1, -0.05) is 12.1 Å². The van der Waals surface area contributed by atoms with Crippen LogP contribution in [0.15, 0.2) is 53.9 Å². The van der Waals surface area contributed by atoms with Crippen LogP contribution in [0.1, 0.15) is 0 Å². The number of methoxy groups -OCH3 is 1. The average Bonchev–Trinajstić information content (AvgIpc) is 2.97. The van der Waals surface area contributed by atoms with E-state index in [0.29, 0.717) is 0 Å². The predicted octanol–water partition coefficient (Wildman–Crippen LogP) is 4.19. The lowest BCUT2D eigenvalue weighted by molar-refractivity contribution is 0.416. The van der Waals surface area contributed by atoms with Crippen molar-refractivity contribution in [3.05, 3.63) is 53.9 Å². The van der Waals surface area contributed by atoms with Crippen LogP contribution >= 0.6 is 11.3 Å². The molecular formula is C16H13NO2S. The number of benzene rings is 2. The Hall–Kier alpha value is -2.33. The van der Waals surface area contributed by atoms with Crippen molar-refractivity contribution in [2.24, 2.45) is 0 Å². The van der Waals surface area contributed by atoms with Crippen molar-refractivity contribution in [3.63, 3.8) is 0 Å². The Morgan fingerprint density at radius 2 is 1.80 bits per heavy atom. The van der Waals surface area contributed by atoms with E-state index in [4.69, 9.17) is 4.74 Å². The zero-order valence-electron chi connectivity index (χ0n) is 10.9. The van der Waals surface area contributed by atoms with Gasteiger partial charge in [0.05, 0.1) is 12.8 Å². The zero-order valence-corrected chi connectivity index (χ0v) is 11.7. The highest BCUT2D eigenvalue weighted by Gasteiger charge is 2.10. The van der Waals surface area contributed by atoms with Gasteiger partial charge in [0.15, 0.2) is 0 Å². The molecule has 0 bridgehead atoms. The van der Waals surface area contributed by atoms with Gasteiger partial charge in [0.1, 0.15) is 16.5 Å². The van der Waals surface area contributed by atoms with E-state index in [1.54, 1.807) is 30.6 Å². The summed E-state index contributed by atoms with van der Waals surface area (Å²) in [5, 5.41) is 12.3. The van der Waals surface area contributed by atoms with Crippen molar-refractivity contribution in [3.8, 4) is 33.3 Å². The Labute approximate surface area is 121 Å². The highest BCUT2D eigenvalue weighted by Crippen LogP contribution is 2.33. The van der Waals surface area contributed by atoms with Crippen LogP contribution in [0.5, 0.6) is 11.5 Å². The molecule has 2 aromatic carbocycles. The highest BCUT2D eigenvalue weighted by molar-refractivity contribution is 7.13. The van der Waals surface area contributed by atoms with Gasteiger partial charge in [-0.2, -0.15) is 0 Å². The fraction of sp³-hybridized carbons (Fsp3) is 0.0625. The lowest BCUT2D eigenvalue weighted by atomic mass is 10.1. The molecule has 0 fully saturated rings. The SMILES string of the molecule is COc1ccccc1-c1csc(-c2ccc(O)cc2)n1. The highest BCUT2D eigenvalue weighted by atomic mass is 32.1. The fourth-order valence-corrected chi connectivity index (χ4v) is 2.82. The smallest absolute Gasteiger partial charge is 0.128 e. The molecule has 0 saturated heterocycles. The molecule has 3 aromatic rings. The van der Waals surface area contributed by atoms with Crippen LogP contribution < -0.4 is 4.74 Å². The first kappa shape index (κ1) is 12.7. The first-order valence-corrected chi connectivity index (χ1v) is 7.04. The molecule has 0 atom stereocenters. The number of rotatable bonds is 3. The molecule has 3 nitrogen and oxygen atoms in total. The van der Waals surface area contributed by atoms with Crippen LogP contribution in [0, 0.1) is 0 Å². The van der Waals surface area contributed by atoms with Crippen molar-refractivity contribution < 1.29 is 9.84 Å². The van der Waals surface area contributed by atoms with E-state index < -0.39 is 0 Å². The van der Waals surface area contributed by atoms with E-state index in [9.17, 15) is 5.11 Å². The third-order valence-electron chi connectivity index (χ3n) is 3.00.